The van der Waals surface area contributed by atoms with Gasteiger partial charge in [-0.05, 0) is 29.8 Å². The lowest BCUT2D eigenvalue weighted by molar-refractivity contribution is 0.432. The molecule has 0 unspecified atom stereocenters. The van der Waals surface area contributed by atoms with Gasteiger partial charge in [0.2, 0.25) is 5.82 Å². The van der Waals surface area contributed by atoms with Gasteiger partial charge in [0, 0.05) is 11.8 Å². The molecule has 0 aliphatic heterocycles. The Bertz CT molecular complexity index is 1370. The molecule has 0 N–H and O–H groups in total. The average Bonchev–Trinajstić information content (AvgIpc) is 3.35. The number of nitrogens with zero attached hydrogens (tertiary/aromatic N) is 5. The number of halogens is 1. The monoisotopic (exact) mass is 387 g/mol. The average molecular weight is 387 g/mol. The minimum Gasteiger partial charge on any atom is -0.333 e. The van der Waals surface area contributed by atoms with Crippen molar-refractivity contribution in [1.29, 1.82) is 0 Å². The highest BCUT2D eigenvalue weighted by Gasteiger charge is 2.17. The summed E-state index contributed by atoms with van der Waals surface area (Å²) in [7, 11) is 0. The summed E-state index contributed by atoms with van der Waals surface area (Å²) in [5.74, 6) is 0.348. The van der Waals surface area contributed by atoms with Gasteiger partial charge in [0.05, 0.1) is 12.1 Å². The Hall–Kier alpha value is -4.07. The Kier molecular flexibility index (Phi) is 4.02. The standard InChI is InChI=1S/C21H14FN5O2/c22-16-9-4-6-14(12-16)13-27-21(28)26-11-5-10-17(19(26)24-27)20-23-18(25-29-20)15-7-2-1-3-8-15/h1-12H,13H2. The van der Waals surface area contributed by atoms with Crippen LogP contribution < -0.4 is 5.69 Å². The van der Waals surface area contributed by atoms with E-state index in [1.807, 2.05) is 30.3 Å². The molecule has 2 aromatic carbocycles. The molecule has 0 amide bonds. The van der Waals surface area contributed by atoms with Crippen LogP contribution in [0.15, 0.2) is 82.2 Å². The van der Waals surface area contributed by atoms with E-state index in [1.165, 1.54) is 21.2 Å². The maximum Gasteiger partial charge on any atom is 0.350 e. The molecular weight excluding hydrogens is 373 g/mol. The zero-order valence-electron chi connectivity index (χ0n) is 15.1. The topological polar surface area (TPSA) is 78.2 Å². The van der Waals surface area contributed by atoms with E-state index in [0.717, 1.165) is 5.56 Å². The van der Waals surface area contributed by atoms with E-state index in [4.69, 9.17) is 4.52 Å². The van der Waals surface area contributed by atoms with Crippen LogP contribution in [0.5, 0.6) is 0 Å². The molecule has 5 aromatic rings. The fourth-order valence-electron chi connectivity index (χ4n) is 3.15. The van der Waals surface area contributed by atoms with Crippen LogP contribution in [0.25, 0.3) is 28.5 Å². The lowest BCUT2D eigenvalue weighted by atomic mass is 10.2. The van der Waals surface area contributed by atoms with E-state index in [-0.39, 0.29) is 23.9 Å². The van der Waals surface area contributed by atoms with Gasteiger partial charge in [-0.3, -0.25) is 0 Å². The molecule has 0 spiro atoms. The SMILES string of the molecule is O=c1n(Cc2cccc(F)c2)nc2c(-c3nc(-c4ccccc4)no3)cccn12. The Morgan fingerprint density at radius 3 is 2.69 bits per heavy atom. The molecule has 0 bridgehead atoms. The Balaban J connectivity index is 1.57. The van der Waals surface area contributed by atoms with Crippen molar-refractivity contribution in [2.24, 2.45) is 0 Å². The molecule has 29 heavy (non-hydrogen) atoms. The summed E-state index contributed by atoms with van der Waals surface area (Å²) in [6.07, 6.45) is 1.62. The Morgan fingerprint density at radius 2 is 1.86 bits per heavy atom. The first kappa shape index (κ1) is 17.1. The first-order chi connectivity index (χ1) is 14.2. The molecule has 142 valence electrons. The lowest BCUT2D eigenvalue weighted by Gasteiger charge is -1.99. The second kappa shape index (κ2) is 6.83. The summed E-state index contributed by atoms with van der Waals surface area (Å²) in [4.78, 5) is 17.2. The lowest BCUT2D eigenvalue weighted by Crippen LogP contribution is -2.21. The molecular formula is C21H14FN5O2. The Labute approximate surface area is 163 Å². The summed E-state index contributed by atoms with van der Waals surface area (Å²) in [5.41, 5.74) is 2.05. The van der Waals surface area contributed by atoms with Crippen molar-refractivity contribution in [2.45, 2.75) is 6.54 Å². The van der Waals surface area contributed by atoms with Crippen LogP contribution >= 0.6 is 0 Å². The number of pyridine rings is 1. The van der Waals surface area contributed by atoms with Crippen molar-refractivity contribution in [3.05, 3.63) is 94.8 Å². The van der Waals surface area contributed by atoms with Crippen molar-refractivity contribution < 1.29 is 8.91 Å². The highest BCUT2D eigenvalue weighted by Crippen LogP contribution is 2.24. The summed E-state index contributed by atoms with van der Waals surface area (Å²) in [5, 5.41) is 8.44. The molecule has 3 aromatic heterocycles. The maximum absolute atomic E-state index is 13.5. The first-order valence-corrected chi connectivity index (χ1v) is 8.91. The van der Waals surface area contributed by atoms with Gasteiger partial charge in [0.15, 0.2) is 5.65 Å². The van der Waals surface area contributed by atoms with Crippen molar-refractivity contribution in [3.63, 3.8) is 0 Å². The minimum absolute atomic E-state index is 0.150. The number of benzene rings is 2. The molecule has 0 fully saturated rings. The third kappa shape index (κ3) is 3.10. The summed E-state index contributed by atoms with van der Waals surface area (Å²) < 4.78 is 21.6. The summed E-state index contributed by atoms with van der Waals surface area (Å²) >= 11 is 0. The Morgan fingerprint density at radius 1 is 1.00 bits per heavy atom. The van der Waals surface area contributed by atoms with Crippen LogP contribution in [0.1, 0.15) is 5.56 Å². The van der Waals surface area contributed by atoms with Gasteiger partial charge in [0.25, 0.3) is 5.89 Å². The predicted molar refractivity (Wildman–Crippen MR) is 104 cm³/mol. The fraction of sp³-hybridized carbons (Fsp3) is 0.0476. The number of fused-ring (bicyclic) bond motifs is 1. The molecule has 0 radical (unpaired) electrons. The molecule has 7 nitrogen and oxygen atoms in total. The van der Waals surface area contributed by atoms with Gasteiger partial charge in [-0.15, -0.1) is 5.10 Å². The van der Waals surface area contributed by atoms with Crippen LogP contribution in [-0.4, -0.2) is 24.3 Å². The molecule has 0 saturated heterocycles. The molecule has 3 heterocycles. The zero-order valence-corrected chi connectivity index (χ0v) is 15.1. The largest absolute Gasteiger partial charge is 0.350 e. The van der Waals surface area contributed by atoms with Crippen LogP contribution in [0.3, 0.4) is 0 Å². The van der Waals surface area contributed by atoms with E-state index in [0.29, 0.717) is 22.6 Å². The highest BCUT2D eigenvalue weighted by atomic mass is 19.1. The van der Waals surface area contributed by atoms with Crippen molar-refractivity contribution in [1.82, 2.24) is 24.3 Å². The smallest absolute Gasteiger partial charge is 0.333 e. The summed E-state index contributed by atoms with van der Waals surface area (Å²) in [6.45, 7) is 0.150. The van der Waals surface area contributed by atoms with E-state index >= 15 is 0 Å². The number of hydrogen-bond donors (Lipinski definition) is 0. The highest BCUT2D eigenvalue weighted by molar-refractivity contribution is 5.72. The predicted octanol–water partition coefficient (Wildman–Crippen LogP) is 3.40. The van der Waals surface area contributed by atoms with Gasteiger partial charge in [-0.25, -0.2) is 18.3 Å². The normalized spacial score (nSPS) is 11.2. The van der Waals surface area contributed by atoms with Crippen LogP contribution in [0.4, 0.5) is 4.39 Å². The van der Waals surface area contributed by atoms with Crippen molar-refractivity contribution in [2.75, 3.05) is 0 Å². The minimum atomic E-state index is -0.362. The van der Waals surface area contributed by atoms with Crippen molar-refractivity contribution in [3.8, 4) is 22.8 Å². The van der Waals surface area contributed by atoms with Gasteiger partial charge >= 0.3 is 5.69 Å². The third-order valence-corrected chi connectivity index (χ3v) is 4.52. The van der Waals surface area contributed by atoms with Gasteiger partial charge in [-0.1, -0.05) is 47.6 Å². The molecule has 0 aliphatic carbocycles. The molecule has 0 atom stereocenters. The summed E-state index contributed by atoms with van der Waals surface area (Å²) in [6, 6.07) is 19.0. The number of rotatable bonds is 4. The van der Waals surface area contributed by atoms with Crippen LogP contribution in [0, 0.1) is 5.82 Å². The zero-order chi connectivity index (χ0) is 19.8. The molecule has 0 saturated carbocycles. The van der Waals surface area contributed by atoms with Gasteiger partial charge < -0.3 is 4.52 Å². The van der Waals surface area contributed by atoms with Crippen LogP contribution in [-0.2, 0) is 6.54 Å². The second-order valence-corrected chi connectivity index (χ2v) is 6.47. The van der Waals surface area contributed by atoms with Crippen molar-refractivity contribution >= 4 is 5.65 Å². The third-order valence-electron chi connectivity index (χ3n) is 4.52. The quantitative estimate of drug-likeness (QED) is 0.472. The second-order valence-electron chi connectivity index (χ2n) is 6.47. The van der Waals surface area contributed by atoms with Gasteiger partial charge in [0.1, 0.15) is 5.82 Å². The fourth-order valence-corrected chi connectivity index (χ4v) is 3.15. The maximum atomic E-state index is 13.5. The molecule has 8 heteroatoms. The van der Waals surface area contributed by atoms with Crippen LogP contribution in [0.2, 0.25) is 0 Å². The van der Waals surface area contributed by atoms with E-state index in [2.05, 4.69) is 15.2 Å². The number of hydrogen-bond acceptors (Lipinski definition) is 5. The first-order valence-electron chi connectivity index (χ1n) is 8.91. The van der Waals surface area contributed by atoms with E-state index < -0.39 is 0 Å². The molecule has 0 aliphatic rings. The van der Waals surface area contributed by atoms with E-state index in [1.54, 1.807) is 30.5 Å². The number of aromatic nitrogens is 5. The van der Waals surface area contributed by atoms with E-state index in [9.17, 15) is 9.18 Å². The van der Waals surface area contributed by atoms with Gasteiger partial charge in [-0.2, -0.15) is 4.98 Å². The molecule has 5 rings (SSSR count).